The SMILES string of the molecule is CC(C)C1CCN(c2cccc3c2CCCN3)CC1. The molecule has 1 saturated heterocycles. The predicted molar refractivity (Wildman–Crippen MR) is 83.0 cm³/mol. The molecule has 3 rings (SSSR count). The Balaban J connectivity index is 1.77. The maximum atomic E-state index is 3.54. The summed E-state index contributed by atoms with van der Waals surface area (Å²) in [5.41, 5.74) is 4.42. The zero-order valence-corrected chi connectivity index (χ0v) is 12.3. The van der Waals surface area contributed by atoms with Crippen molar-refractivity contribution in [1.29, 1.82) is 0 Å². The smallest absolute Gasteiger partial charge is 0.0419 e. The van der Waals surface area contributed by atoms with Gasteiger partial charge in [0.25, 0.3) is 0 Å². The van der Waals surface area contributed by atoms with E-state index < -0.39 is 0 Å². The van der Waals surface area contributed by atoms with Gasteiger partial charge in [0.2, 0.25) is 0 Å². The van der Waals surface area contributed by atoms with Gasteiger partial charge in [0.05, 0.1) is 0 Å². The molecule has 19 heavy (non-hydrogen) atoms. The molecule has 0 aliphatic carbocycles. The Morgan fingerprint density at radius 3 is 2.74 bits per heavy atom. The molecule has 2 nitrogen and oxygen atoms in total. The van der Waals surface area contributed by atoms with Crippen molar-refractivity contribution in [2.45, 2.75) is 39.5 Å². The Labute approximate surface area is 117 Å². The third-order valence-electron chi connectivity index (χ3n) is 4.89. The van der Waals surface area contributed by atoms with Gasteiger partial charge in [0.1, 0.15) is 0 Å². The van der Waals surface area contributed by atoms with E-state index in [9.17, 15) is 0 Å². The molecule has 2 aliphatic rings. The van der Waals surface area contributed by atoms with Crippen molar-refractivity contribution in [1.82, 2.24) is 0 Å². The van der Waals surface area contributed by atoms with Gasteiger partial charge in [-0.25, -0.2) is 0 Å². The fraction of sp³-hybridized carbons (Fsp3) is 0.647. The van der Waals surface area contributed by atoms with Crippen molar-refractivity contribution < 1.29 is 0 Å². The lowest BCUT2D eigenvalue weighted by atomic mass is 9.86. The number of piperidine rings is 1. The molecule has 0 unspecified atom stereocenters. The molecule has 2 heterocycles. The van der Waals surface area contributed by atoms with Crippen molar-refractivity contribution in [3.05, 3.63) is 23.8 Å². The number of anilines is 2. The summed E-state index contributed by atoms with van der Waals surface area (Å²) in [6.07, 6.45) is 5.22. The van der Waals surface area contributed by atoms with Crippen molar-refractivity contribution in [3.63, 3.8) is 0 Å². The fourth-order valence-electron chi connectivity index (χ4n) is 3.59. The minimum absolute atomic E-state index is 0.841. The van der Waals surface area contributed by atoms with E-state index in [4.69, 9.17) is 0 Å². The van der Waals surface area contributed by atoms with Gasteiger partial charge >= 0.3 is 0 Å². The molecule has 1 fully saturated rings. The summed E-state index contributed by atoms with van der Waals surface area (Å²) in [4.78, 5) is 2.62. The number of benzene rings is 1. The van der Waals surface area contributed by atoms with E-state index in [2.05, 4.69) is 42.3 Å². The van der Waals surface area contributed by atoms with E-state index in [0.29, 0.717) is 0 Å². The van der Waals surface area contributed by atoms with Gasteiger partial charge in [0.15, 0.2) is 0 Å². The molecule has 2 aliphatic heterocycles. The van der Waals surface area contributed by atoms with Crippen molar-refractivity contribution in [2.75, 3.05) is 29.9 Å². The van der Waals surface area contributed by atoms with Crippen molar-refractivity contribution in [3.8, 4) is 0 Å². The molecule has 0 atom stereocenters. The fourth-order valence-corrected chi connectivity index (χ4v) is 3.59. The van der Waals surface area contributed by atoms with Crippen LogP contribution in [0.5, 0.6) is 0 Å². The second-order valence-corrected chi connectivity index (χ2v) is 6.40. The first-order chi connectivity index (χ1) is 9.25. The minimum Gasteiger partial charge on any atom is -0.385 e. The maximum absolute atomic E-state index is 3.54. The monoisotopic (exact) mass is 258 g/mol. The van der Waals surface area contributed by atoms with Crippen LogP contribution < -0.4 is 10.2 Å². The van der Waals surface area contributed by atoms with Crippen molar-refractivity contribution in [2.24, 2.45) is 11.8 Å². The van der Waals surface area contributed by atoms with Crippen LogP contribution in [0.3, 0.4) is 0 Å². The summed E-state index contributed by atoms with van der Waals surface area (Å²) < 4.78 is 0. The molecule has 0 amide bonds. The summed E-state index contributed by atoms with van der Waals surface area (Å²) in [6, 6.07) is 6.77. The number of rotatable bonds is 2. The Hall–Kier alpha value is -1.18. The van der Waals surface area contributed by atoms with Crippen LogP contribution in [0.15, 0.2) is 18.2 Å². The van der Waals surface area contributed by atoms with Crippen LogP contribution in [-0.4, -0.2) is 19.6 Å². The molecule has 0 saturated carbocycles. The topological polar surface area (TPSA) is 15.3 Å². The molecular weight excluding hydrogens is 232 g/mol. The number of hydrogen-bond acceptors (Lipinski definition) is 2. The normalized spacial score (nSPS) is 20.3. The molecule has 1 aromatic rings. The van der Waals surface area contributed by atoms with Crippen LogP contribution in [0.2, 0.25) is 0 Å². The Kier molecular flexibility index (Phi) is 3.67. The van der Waals surface area contributed by atoms with Gasteiger partial charge in [-0.15, -0.1) is 0 Å². The average molecular weight is 258 g/mol. The molecule has 0 aromatic heterocycles. The highest BCUT2D eigenvalue weighted by molar-refractivity contribution is 5.68. The largest absolute Gasteiger partial charge is 0.385 e. The van der Waals surface area contributed by atoms with Crippen molar-refractivity contribution >= 4 is 11.4 Å². The second kappa shape index (κ2) is 5.44. The molecule has 0 radical (unpaired) electrons. The first-order valence-corrected chi connectivity index (χ1v) is 7.86. The summed E-state index contributed by atoms with van der Waals surface area (Å²) in [7, 11) is 0. The molecule has 1 N–H and O–H groups in total. The van der Waals surface area contributed by atoms with Gasteiger partial charge in [-0.05, 0) is 55.2 Å². The van der Waals surface area contributed by atoms with Crippen LogP contribution >= 0.6 is 0 Å². The van der Waals surface area contributed by atoms with E-state index in [-0.39, 0.29) is 0 Å². The lowest BCUT2D eigenvalue weighted by molar-refractivity contribution is 0.311. The summed E-state index contributed by atoms with van der Waals surface area (Å²) in [5.74, 6) is 1.77. The Morgan fingerprint density at radius 1 is 1.21 bits per heavy atom. The second-order valence-electron chi connectivity index (χ2n) is 6.40. The third-order valence-corrected chi connectivity index (χ3v) is 4.89. The summed E-state index contributed by atoms with van der Waals surface area (Å²) >= 11 is 0. The van der Waals surface area contributed by atoms with E-state index in [1.807, 2.05) is 0 Å². The van der Waals surface area contributed by atoms with Gasteiger partial charge in [-0.1, -0.05) is 19.9 Å². The molecule has 0 spiro atoms. The van der Waals surface area contributed by atoms with E-state index in [0.717, 1.165) is 18.4 Å². The molecule has 0 bridgehead atoms. The lowest BCUT2D eigenvalue weighted by Crippen LogP contribution is -2.36. The summed E-state index contributed by atoms with van der Waals surface area (Å²) in [5, 5.41) is 3.54. The minimum atomic E-state index is 0.841. The highest BCUT2D eigenvalue weighted by Crippen LogP contribution is 2.34. The number of hydrogen-bond donors (Lipinski definition) is 1. The van der Waals surface area contributed by atoms with Crippen LogP contribution in [0.1, 0.15) is 38.7 Å². The lowest BCUT2D eigenvalue weighted by Gasteiger charge is -2.37. The summed E-state index contributed by atoms with van der Waals surface area (Å²) in [6.45, 7) is 8.34. The highest BCUT2D eigenvalue weighted by atomic mass is 15.1. The molecule has 104 valence electrons. The number of nitrogens with zero attached hydrogens (tertiary/aromatic N) is 1. The zero-order chi connectivity index (χ0) is 13.2. The van der Waals surface area contributed by atoms with E-state index in [1.54, 1.807) is 5.56 Å². The average Bonchev–Trinajstić information content (AvgIpc) is 2.47. The highest BCUT2D eigenvalue weighted by Gasteiger charge is 2.24. The number of nitrogens with one attached hydrogen (secondary N) is 1. The quantitative estimate of drug-likeness (QED) is 0.865. The van der Waals surface area contributed by atoms with E-state index >= 15 is 0 Å². The third kappa shape index (κ3) is 2.58. The Bertz CT molecular complexity index is 431. The van der Waals surface area contributed by atoms with Crippen LogP contribution in [-0.2, 0) is 6.42 Å². The van der Waals surface area contributed by atoms with Gasteiger partial charge in [-0.3, -0.25) is 0 Å². The molecule has 2 heteroatoms. The van der Waals surface area contributed by atoms with E-state index in [1.165, 1.54) is 50.1 Å². The first kappa shape index (κ1) is 12.8. The van der Waals surface area contributed by atoms with Gasteiger partial charge in [-0.2, -0.15) is 0 Å². The molecular formula is C17H26N2. The zero-order valence-electron chi connectivity index (χ0n) is 12.3. The van der Waals surface area contributed by atoms with Gasteiger partial charge < -0.3 is 10.2 Å². The maximum Gasteiger partial charge on any atom is 0.0419 e. The van der Waals surface area contributed by atoms with Gasteiger partial charge in [0, 0.05) is 31.0 Å². The standard InChI is InChI=1S/C17H26N2/c1-13(2)14-8-11-19(12-9-14)17-7-3-6-16-15(17)5-4-10-18-16/h3,6-7,13-14,18H,4-5,8-12H2,1-2H3. The predicted octanol–water partition coefficient (Wildman–Crippen LogP) is 3.92. The first-order valence-electron chi connectivity index (χ1n) is 7.86. The van der Waals surface area contributed by atoms with Crippen LogP contribution in [0.25, 0.3) is 0 Å². The Morgan fingerprint density at radius 2 is 2.00 bits per heavy atom. The van der Waals surface area contributed by atoms with Crippen LogP contribution in [0.4, 0.5) is 11.4 Å². The molecule has 1 aromatic carbocycles. The van der Waals surface area contributed by atoms with Crippen LogP contribution in [0, 0.1) is 11.8 Å². The number of fused-ring (bicyclic) bond motifs is 1.